The highest BCUT2D eigenvalue weighted by atomic mass is 35.5. The Morgan fingerprint density at radius 2 is 2.13 bits per heavy atom. The Morgan fingerprint density at radius 3 is 2.73 bits per heavy atom. The number of hydrogen-bond acceptors (Lipinski definition) is 2. The van der Waals surface area contributed by atoms with E-state index in [1.54, 1.807) is 0 Å². The number of benzene rings is 1. The molecule has 84 valence electrons. The van der Waals surface area contributed by atoms with E-state index in [0.717, 1.165) is 22.8 Å². The fourth-order valence-electron chi connectivity index (χ4n) is 1.33. The van der Waals surface area contributed by atoms with Crippen LogP contribution < -0.4 is 5.32 Å². The highest BCUT2D eigenvalue weighted by molar-refractivity contribution is 6.33. The second kappa shape index (κ2) is 5.99. The van der Waals surface area contributed by atoms with Crippen molar-refractivity contribution in [1.29, 1.82) is 0 Å². The molecule has 0 bridgehead atoms. The van der Waals surface area contributed by atoms with Crippen LogP contribution in [0.5, 0.6) is 0 Å². The molecule has 0 fully saturated rings. The molecule has 0 heterocycles. The van der Waals surface area contributed by atoms with Gasteiger partial charge in [-0.25, -0.2) is 0 Å². The van der Waals surface area contributed by atoms with Crippen molar-refractivity contribution < 1.29 is 4.74 Å². The molecule has 0 aromatic heterocycles. The summed E-state index contributed by atoms with van der Waals surface area (Å²) in [4.78, 5) is 0. The average Bonchev–Trinajstić information content (AvgIpc) is 2.15. The van der Waals surface area contributed by atoms with E-state index in [4.69, 9.17) is 16.3 Å². The van der Waals surface area contributed by atoms with Gasteiger partial charge < -0.3 is 10.1 Å². The predicted octanol–water partition coefficient (Wildman–Crippen LogP) is 3.49. The van der Waals surface area contributed by atoms with Gasteiger partial charge in [0, 0.05) is 6.54 Å². The number of ether oxygens (including phenoxy) is 1. The minimum Gasteiger partial charge on any atom is -0.381 e. The van der Waals surface area contributed by atoms with Gasteiger partial charge >= 0.3 is 0 Å². The molecule has 0 saturated heterocycles. The summed E-state index contributed by atoms with van der Waals surface area (Å²) in [5.74, 6) is 0. The molecule has 0 aliphatic carbocycles. The smallest absolute Gasteiger partial charge is 0.0642 e. The summed E-state index contributed by atoms with van der Waals surface area (Å²) in [5.41, 5.74) is 2.17. The highest BCUT2D eigenvalue weighted by Gasteiger charge is 2.02. The van der Waals surface area contributed by atoms with Gasteiger partial charge in [0.05, 0.1) is 23.4 Å². The van der Waals surface area contributed by atoms with E-state index in [2.05, 4.69) is 5.32 Å². The van der Waals surface area contributed by atoms with Crippen molar-refractivity contribution >= 4 is 17.3 Å². The molecule has 0 aliphatic rings. The van der Waals surface area contributed by atoms with Crippen LogP contribution in [0.25, 0.3) is 0 Å². The van der Waals surface area contributed by atoms with E-state index in [1.165, 1.54) is 0 Å². The van der Waals surface area contributed by atoms with Crippen LogP contribution in [0.4, 0.5) is 5.69 Å². The Bertz CT molecular complexity index is 292. The van der Waals surface area contributed by atoms with Crippen LogP contribution >= 0.6 is 11.6 Å². The third-order valence-electron chi connectivity index (χ3n) is 2.08. The molecule has 0 saturated carbocycles. The van der Waals surface area contributed by atoms with Gasteiger partial charge in [-0.15, -0.1) is 0 Å². The third-order valence-corrected chi connectivity index (χ3v) is 2.39. The number of anilines is 1. The lowest BCUT2D eigenvalue weighted by Crippen LogP contribution is -2.13. The molecular formula is C12H18ClNO. The lowest BCUT2D eigenvalue weighted by molar-refractivity contribution is 0.0870. The molecule has 0 spiro atoms. The summed E-state index contributed by atoms with van der Waals surface area (Å²) >= 11 is 6.07. The first kappa shape index (κ1) is 12.3. The fourth-order valence-corrected chi connectivity index (χ4v) is 1.62. The molecule has 0 atom stereocenters. The first-order valence-corrected chi connectivity index (χ1v) is 5.59. The lowest BCUT2D eigenvalue weighted by Gasteiger charge is -2.12. The standard InChI is InChI=1S/C12H18ClNO/c1-9(2)15-8-7-14-12-10(3)5-4-6-11(12)13/h4-6,9,14H,7-8H2,1-3H3. The van der Waals surface area contributed by atoms with Crippen LogP contribution in [-0.4, -0.2) is 19.3 Å². The summed E-state index contributed by atoms with van der Waals surface area (Å²) in [5, 5.41) is 4.04. The van der Waals surface area contributed by atoms with Crippen LogP contribution in [0.2, 0.25) is 5.02 Å². The molecular weight excluding hydrogens is 210 g/mol. The van der Waals surface area contributed by atoms with E-state index in [9.17, 15) is 0 Å². The van der Waals surface area contributed by atoms with Crippen LogP contribution in [0.1, 0.15) is 19.4 Å². The second-order valence-corrected chi connectivity index (χ2v) is 4.19. The zero-order chi connectivity index (χ0) is 11.3. The predicted molar refractivity (Wildman–Crippen MR) is 65.8 cm³/mol. The number of nitrogens with one attached hydrogen (secondary N) is 1. The Balaban J connectivity index is 2.43. The van der Waals surface area contributed by atoms with Crippen molar-refractivity contribution in [3.63, 3.8) is 0 Å². The molecule has 0 unspecified atom stereocenters. The number of rotatable bonds is 5. The fraction of sp³-hybridized carbons (Fsp3) is 0.500. The molecule has 15 heavy (non-hydrogen) atoms. The summed E-state index contributed by atoms with van der Waals surface area (Å²) in [7, 11) is 0. The maximum absolute atomic E-state index is 6.07. The number of para-hydroxylation sites is 1. The number of aryl methyl sites for hydroxylation is 1. The Kier molecular flexibility index (Phi) is 4.92. The second-order valence-electron chi connectivity index (χ2n) is 3.78. The average molecular weight is 228 g/mol. The van der Waals surface area contributed by atoms with Crippen molar-refractivity contribution in [1.82, 2.24) is 0 Å². The first-order valence-electron chi connectivity index (χ1n) is 5.22. The summed E-state index contributed by atoms with van der Waals surface area (Å²) in [6.45, 7) is 7.57. The maximum atomic E-state index is 6.07. The molecule has 3 heteroatoms. The van der Waals surface area contributed by atoms with Crippen molar-refractivity contribution in [3.05, 3.63) is 28.8 Å². The molecule has 2 nitrogen and oxygen atoms in total. The minimum atomic E-state index is 0.277. The number of hydrogen-bond donors (Lipinski definition) is 1. The van der Waals surface area contributed by atoms with Gasteiger partial charge in [0.25, 0.3) is 0 Å². The Morgan fingerprint density at radius 1 is 1.40 bits per heavy atom. The summed E-state index contributed by atoms with van der Waals surface area (Å²) < 4.78 is 5.44. The van der Waals surface area contributed by atoms with Crippen LogP contribution in [0, 0.1) is 6.92 Å². The van der Waals surface area contributed by atoms with E-state index in [-0.39, 0.29) is 6.10 Å². The minimum absolute atomic E-state index is 0.277. The molecule has 0 aliphatic heterocycles. The van der Waals surface area contributed by atoms with E-state index in [0.29, 0.717) is 6.61 Å². The maximum Gasteiger partial charge on any atom is 0.0642 e. The molecule has 1 aromatic rings. The zero-order valence-electron chi connectivity index (χ0n) is 9.51. The SMILES string of the molecule is Cc1cccc(Cl)c1NCCOC(C)C. The van der Waals surface area contributed by atoms with Crippen molar-refractivity contribution in [2.45, 2.75) is 26.9 Å². The van der Waals surface area contributed by atoms with Crippen molar-refractivity contribution in [2.24, 2.45) is 0 Å². The third kappa shape index (κ3) is 4.10. The van der Waals surface area contributed by atoms with Crippen molar-refractivity contribution in [3.8, 4) is 0 Å². The van der Waals surface area contributed by atoms with Crippen LogP contribution in [-0.2, 0) is 4.74 Å². The van der Waals surface area contributed by atoms with Gasteiger partial charge in [0.2, 0.25) is 0 Å². The van der Waals surface area contributed by atoms with Gasteiger partial charge in [-0.1, -0.05) is 23.7 Å². The van der Waals surface area contributed by atoms with Crippen LogP contribution in [0.3, 0.4) is 0 Å². The Hall–Kier alpha value is -0.730. The molecule has 1 aromatic carbocycles. The first-order chi connectivity index (χ1) is 7.11. The quantitative estimate of drug-likeness (QED) is 0.778. The summed E-state index contributed by atoms with van der Waals surface area (Å²) in [6, 6.07) is 5.88. The monoisotopic (exact) mass is 227 g/mol. The number of halogens is 1. The topological polar surface area (TPSA) is 21.3 Å². The normalized spacial score (nSPS) is 10.7. The molecule has 0 radical (unpaired) electrons. The van der Waals surface area contributed by atoms with E-state index in [1.807, 2.05) is 39.0 Å². The van der Waals surface area contributed by atoms with Crippen LogP contribution in [0.15, 0.2) is 18.2 Å². The van der Waals surface area contributed by atoms with Gasteiger partial charge in [-0.3, -0.25) is 0 Å². The largest absolute Gasteiger partial charge is 0.381 e. The molecule has 1 N–H and O–H groups in total. The Labute approximate surface area is 96.6 Å². The zero-order valence-corrected chi connectivity index (χ0v) is 10.3. The highest BCUT2D eigenvalue weighted by Crippen LogP contribution is 2.24. The van der Waals surface area contributed by atoms with Crippen molar-refractivity contribution in [2.75, 3.05) is 18.5 Å². The molecule has 1 rings (SSSR count). The summed E-state index contributed by atoms with van der Waals surface area (Å²) in [6.07, 6.45) is 0.277. The van der Waals surface area contributed by atoms with Gasteiger partial charge in [0.15, 0.2) is 0 Å². The van der Waals surface area contributed by atoms with E-state index >= 15 is 0 Å². The van der Waals surface area contributed by atoms with E-state index < -0.39 is 0 Å². The van der Waals surface area contributed by atoms with Gasteiger partial charge in [-0.2, -0.15) is 0 Å². The molecule has 0 amide bonds. The lowest BCUT2D eigenvalue weighted by atomic mass is 10.2. The van der Waals surface area contributed by atoms with Gasteiger partial charge in [0.1, 0.15) is 0 Å². The van der Waals surface area contributed by atoms with Gasteiger partial charge in [-0.05, 0) is 32.4 Å².